The maximum atomic E-state index is 5.48. The minimum absolute atomic E-state index is 0.315. The van der Waals surface area contributed by atoms with Gasteiger partial charge < -0.3 is 4.74 Å². The average molecular weight is 282 g/mol. The molecule has 3 aliphatic rings. The third-order valence-corrected chi connectivity index (χ3v) is 5.79. The van der Waals surface area contributed by atoms with E-state index < -0.39 is 0 Å². The van der Waals surface area contributed by atoms with Crippen LogP contribution < -0.4 is 4.74 Å². The van der Waals surface area contributed by atoms with Crippen LogP contribution in [0.15, 0.2) is 24.3 Å². The summed E-state index contributed by atoms with van der Waals surface area (Å²) in [5.41, 5.74) is 2.10. The first-order valence-corrected chi connectivity index (χ1v) is 8.45. The second-order valence-electron chi connectivity index (χ2n) is 6.84. The quantitative estimate of drug-likeness (QED) is 0.693. The second kappa shape index (κ2) is 5.76. The first-order valence-electron chi connectivity index (χ1n) is 8.45. The Hall–Kier alpha value is -1.42. The van der Waals surface area contributed by atoms with Crippen molar-refractivity contribution in [3.63, 3.8) is 0 Å². The zero-order valence-electron chi connectivity index (χ0n) is 13.4. The Labute approximate surface area is 129 Å². The molecule has 0 amide bonds. The van der Waals surface area contributed by atoms with Crippen molar-refractivity contribution in [3.05, 3.63) is 29.8 Å². The molecule has 0 saturated heterocycles. The van der Waals surface area contributed by atoms with Gasteiger partial charge in [0.25, 0.3) is 0 Å². The summed E-state index contributed by atoms with van der Waals surface area (Å²) in [5.74, 6) is 8.00. The molecule has 3 aliphatic carbocycles. The third-order valence-electron chi connectivity index (χ3n) is 5.79. The van der Waals surface area contributed by atoms with Gasteiger partial charge in [0, 0.05) is 11.0 Å². The lowest BCUT2D eigenvalue weighted by Crippen LogP contribution is -2.40. The summed E-state index contributed by atoms with van der Waals surface area (Å²) >= 11 is 0. The summed E-state index contributed by atoms with van der Waals surface area (Å²) in [5, 5.41) is 0. The number of hydrogen-bond acceptors (Lipinski definition) is 1. The fraction of sp³-hybridized carbons (Fsp3) is 0.600. The lowest BCUT2D eigenvalue weighted by molar-refractivity contribution is 0.0243. The topological polar surface area (TPSA) is 9.23 Å². The molecule has 0 spiro atoms. The van der Waals surface area contributed by atoms with Crippen LogP contribution in [0.5, 0.6) is 5.75 Å². The van der Waals surface area contributed by atoms with Crippen LogP contribution in [-0.2, 0) is 0 Å². The predicted octanol–water partition coefficient (Wildman–Crippen LogP) is 5.19. The van der Waals surface area contributed by atoms with Gasteiger partial charge in [0.05, 0.1) is 6.61 Å². The van der Waals surface area contributed by atoms with E-state index in [1.54, 1.807) is 0 Å². The second-order valence-corrected chi connectivity index (χ2v) is 6.84. The van der Waals surface area contributed by atoms with Crippen LogP contribution >= 0.6 is 0 Å². The monoisotopic (exact) mass is 282 g/mol. The first-order chi connectivity index (χ1) is 10.2. The van der Waals surface area contributed by atoms with E-state index in [1.165, 1.54) is 44.9 Å². The van der Waals surface area contributed by atoms with Gasteiger partial charge in [0.15, 0.2) is 0 Å². The molecule has 0 aliphatic heterocycles. The lowest BCUT2D eigenvalue weighted by atomic mass is 9.53. The molecule has 0 unspecified atom stereocenters. The van der Waals surface area contributed by atoms with E-state index in [0.29, 0.717) is 17.4 Å². The Bertz CT molecular complexity index is 519. The van der Waals surface area contributed by atoms with Crippen LogP contribution in [0.1, 0.15) is 64.4 Å². The number of fused-ring (bicyclic) bond motifs is 3. The predicted molar refractivity (Wildman–Crippen MR) is 87.3 cm³/mol. The number of ether oxygens (including phenoxy) is 1. The molecule has 1 aromatic carbocycles. The van der Waals surface area contributed by atoms with E-state index in [1.807, 2.05) is 19.1 Å². The molecule has 0 radical (unpaired) electrons. The molecule has 21 heavy (non-hydrogen) atoms. The summed E-state index contributed by atoms with van der Waals surface area (Å²) in [4.78, 5) is 0. The van der Waals surface area contributed by atoms with Crippen molar-refractivity contribution >= 4 is 0 Å². The van der Waals surface area contributed by atoms with E-state index in [2.05, 4.69) is 30.9 Å². The van der Waals surface area contributed by atoms with Crippen LogP contribution in [0.2, 0.25) is 0 Å². The molecular formula is C20H26O. The van der Waals surface area contributed by atoms with Crippen LogP contribution in [0.3, 0.4) is 0 Å². The molecule has 1 heteroatoms. The summed E-state index contributed by atoms with van der Waals surface area (Å²) in [7, 11) is 0. The fourth-order valence-corrected chi connectivity index (χ4v) is 3.99. The Morgan fingerprint density at radius 2 is 1.57 bits per heavy atom. The Morgan fingerprint density at radius 1 is 0.952 bits per heavy atom. The SMILES string of the molecule is CCOc1ccc(C#CC23CCC(CC)(CC2)CC3)cc1. The van der Waals surface area contributed by atoms with E-state index in [4.69, 9.17) is 4.74 Å². The first kappa shape index (κ1) is 14.5. The van der Waals surface area contributed by atoms with Crippen molar-refractivity contribution in [1.29, 1.82) is 0 Å². The summed E-state index contributed by atoms with van der Waals surface area (Å²) in [6, 6.07) is 8.21. The largest absolute Gasteiger partial charge is 0.494 e. The van der Waals surface area contributed by atoms with Crippen LogP contribution in [0, 0.1) is 22.7 Å². The highest BCUT2D eigenvalue weighted by molar-refractivity contribution is 5.39. The zero-order valence-corrected chi connectivity index (χ0v) is 13.4. The standard InChI is InChI=1S/C20H26O/c1-3-19-11-14-20(15-12-19,16-13-19)10-9-17-5-7-18(8-6-17)21-4-2/h5-8H,3-4,11-16H2,1-2H3. The fourth-order valence-electron chi connectivity index (χ4n) is 3.99. The minimum atomic E-state index is 0.315. The molecule has 0 heterocycles. The minimum Gasteiger partial charge on any atom is -0.494 e. The smallest absolute Gasteiger partial charge is 0.119 e. The lowest BCUT2D eigenvalue weighted by Gasteiger charge is -2.51. The van der Waals surface area contributed by atoms with Crippen molar-refractivity contribution < 1.29 is 4.74 Å². The van der Waals surface area contributed by atoms with Crippen molar-refractivity contribution in [2.24, 2.45) is 10.8 Å². The highest BCUT2D eigenvalue weighted by Gasteiger charge is 2.46. The Kier molecular flexibility index (Phi) is 3.98. The molecule has 112 valence electrons. The molecule has 3 saturated carbocycles. The van der Waals surface area contributed by atoms with Gasteiger partial charge in [-0.25, -0.2) is 0 Å². The van der Waals surface area contributed by atoms with Crippen LogP contribution in [0.25, 0.3) is 0 Å². The number of hydrogen-bond donors (Lipinski definition) is 0. The molecule has 2 bridgehead atoms. The van der Waals surface area contributed by atoms with Crippen LogP contribution in [0.4, 0.5) is 0 Å². The maximum absolute atomic E-state index is 5.48. The highest BCUT2D eigenvalue weighted by atomic mass is 16.5. The van der Waals surface area contributed by atoms with E-state index in [9.17, 15) is 0 Å². The van der Waals surface area contributed by atoms with E-state index in [0.717, 1.165) is 11.3 Å². The van der Waals surface area contributed by atoms with Gasteiger partial charge in [-0.2, -0.15) is 0 Å². The van der Waals surface area contributed by atoms with Crippen molar-refractivity contribution in [2.45, 2.75) is 58.8 Å². The summed E-state index contributed by atoms with van der Waals surface area (Å²) < 4.78 is 5.48. The van der Waals surface area contributed by atoms with Crippen molar-refractivity contribution in [2.75, 3.05) is 6.61 Å². The highest BCUT2D eigenvalue weighted by Crippen LogP contribution is 2.57. The normalized spacial score (nSPS) is 30.6. The zero-order chi connectivity index (χ0) is 14.8. The van der Waals surface area contributed by atoms with Gasteiger partial charge in [-0.15, -0.1) is 0 Å². The summed E-state index contributed by atoms with van der Waals surface area (Å²) in [6.45, 7) is 5.09. The molecule has 1 nitrogen and oxygen atoms in total. The van der Waals surface area contributed by atoms with Crippen molar-refractivity contribution in [1.82, 2.24) is 0 Å². The van der Waals surface area contributed by atoms with Gasteiger partial charge in [-0.1, -0.05) is 25.2 Å². The summed E-state index contributed by atoms with van der Waals surface area (Å²) in [6.07, 6.45) is 9.46. The number of benzene rings is 1. The van der Waals surface area contributed by atoms with Gasteiger partial charge in [-0.3, -0.25) is 0 Å². The van der Waals surface area contributed by atoms with Crippen LogP contribution in [-0.4, -0.2) is 6.61 Å². The molecule has 1 aromatic rings. The molecule has 0 aromatic heterocycles. The molecule has 0 atom stereocenters. The molecule has 4 rings (SSSR count). The Morgan fingerprint density at radius 3 is 2.10 bits per heavy atom. The van der Waals surface area contributed by atoms with Gasteiger partial charge >= 0.3 is 0 Å². The van der Waals surface area contributed by atoms with Gasteiger partial charge in [0.2, 0.25) is 0 Å². The molecule has 3 fully saturated rings. The van der Waals surface area contributed by atoms with Crippen molar-refractivity contribution in [3.8, 4) is 17.6 Å². The van der Waals surface area contributed by atoms with Gasteiger partial charge in [-0.05, 0) is 75.1 Å². The third kappa shape index (κ3) is 2.95. The average Bonchev–Trinajstić information content (AvgIpc) is 2.56. The van der Waals surface area contributed by atoms with E-state index in [-0.39, 0.29) is 0 Å². The van der Waals surface area contributed by atoms with E-state index >= 15 is 0 Å². The Balaban J connectivity index is 1.70. The van der Waals surface area contributed by atoms with Gasteiger partial charge in [0.1, 0.15) is 5.75 Å². The molecule has 0 N–H and O–H groups in total. The molecular weight excluding hydrogens is 256 g/mol. The maximum Gasteiger partial charge on any atom is 0.119 e. The number of rotatable bonds is 3.